The second-order valence-electron chi connectivity index (χ2n) is 6.58. The summed E-state index contributed by atoms with van der Waals surface area (Å²) in [6.45, 7) is 4.89. The predicted molar refractivity (Wildman–Crippen MR) is 88.5 cm³/mol. The van der Waals surface area contributed by atoms with Crippen molar-refractivity contribution in [2.24, 2.45) is 0 Å². The van der Waals surface area contributed by atoms with Crippen LogP contribution < -0.4 is 10.1 Å². The van der Waals surface area contributed by atoms with Crippen molar-refractivity contribution in [3.05, 3.63) is 41.0 Å². The maximum Gasteiger partial charge on any atom is 0.149 e. The molecule has 2 aliphatic rings. The summed E-state index contributed by atoms with van der Waals surface area (Å²) >= 11 is 0. The third kappa shape index (κ3) is 2.98. The van der Waals surface area contributed by atoms with Gasteiger partial charge in [0.2, 0.25) is 0 Å². The third-order valence-corrected chi connectivity index (χ3v) is 4.89. The van der Waals surface area contributed by atoms with Gasteiger partial charge in [0.25, 0.3) is 0 Å². The molecule has 0 saturated heterocycles. The monoisotopic (exact) mass is 312 g/mol. The molecule has 1 aromatic carbocycles. The van der Waals surface area contributed by atoms with Crippen LogP contribution in [0, 0.1) is 0 Å². The molecule has 1 unspecified atom stereocenters. The van der Waals surface area contributed by atoms with Crippen molar-refractivity contribution >= 4 is 0 Å². The molecule has 1 atom stereocenters. The lowest BCUT2D eigenvalue weighted by Crippen LogP contribution is -2.22. The number of aryl methyl sites for hydroxylation is 1. The smallest absolute Gasteiger partial charge is 0.149 e. The Labute approximate surface area is 137 Å². The lowest BCUT2D eigenvalue weighted by Gasteiger charge is -2.15. The SMILES string of the molecule is CC(NCc1ccc2c(c1)CCO2)c1nnc2n1CCCCC2. The van der Waals surface area contributed by atoms with Gasteiger partial charge in [0.05, 0.1) is 12.6 Å². The maximum atomic E-state index is 5.57. The first kappa shape index (κ1) is 14.7. The van der Waals surface area contributed by atoms with Crippen LogP contribution in [0.3, 0.4) is 0 Å². The lowest BCUT2D eigenvalue weighted by atomic mass is 10.1. The highest BCUT2D eigenvalue weighted by Gasteiger charge is 2.19. The Morgan fingerprint density at radius 3 is 3.13 bits per heavy atom. The van der Waals surface area contributed by atoms with Crippen LogP contribution in [-0.2, 0) is 25.9 Å². The summed E-state index contributed by atoms with van der Waals surface area (Å²) in [5.41, 5.74) is 2.63. The second kappa shape index (κ2) is 6.32. The van der Waals surface area contributed by atoms with Gasteiger partial charge in [-0.15, -0.1) is 10.2 Å². The van der Waals surface area contributed by atoms with Crippen LogP contribution in [0.5, 0.6) is 5.75 Å². The molecule has 1 N–H and O–H groups in total. The number of benzene rings is 1. The van der Waals surface area contributed by atoms with Crippen LogP contribution in [0.4, 0.5) is 0 Å². The molecule has 2 aliphatic heterocycles. The maximum absolute atomic E-state index is 5.57. The van der Waals surface area contributed by atoms with Crippen molar-refractivity contribution in [1.82, 2.24) is 20.1 Å². The molecule has 0 fully saturated rings. The van der Waals surface area contributed by atoms with Gasteiger partial charge in [-0.1, -0.05) is 18.6 Å². The molecule has 2 aromatic rings. The van der Waals surface area contributed by atoms with E-state index in [2.05, 4.69) is 45.2 Å². The first-order valence-corrected chi connectivity index (χ1v) is 8.71. The second-order valence-corrected chi connectivity index (χ2v) is 6.58. The molecule has 0 amide bonds. The zero-order valence-corrected chi connectivity index (χ0v) is 13.7. The van der Waals surface area contributed by atoms with Crippen LogP contribution in [0.15, 0.2) is 18.2 Å². The van der Waals surface area contributed by atoms with Gasteiger partial charge >= 0.3 is 0 Å². The summed E-state index contributed by atoms with van der Waals surface area (Å²) in [5, 5.41) is 12.4. The largest absolute Gasteiger partial charge is 0.493 e. The minimum absolute atomic E-state index is 0.207. The van der Waals surface area contributed by atoms with E-state index in [1.807, 2.05) is 0 Å². The highest BCUT2D eigenvalue weighted by Crippen LogP contribution is 2.26. The van der Waals surface area contributed by atoms with Crippen LogP contribution in [0.25, 0.3) is 0 Å². The van der Waals surface area contributed by atoms with Gasteiger partial charge in [-0.2, -0.15) is 0 Å². The molecule has 0 saturated carbocycles. The summed E-state index contributed by atoms with van der Waals surface area (Å²) in [6.07, 6.45) is 5.84. The zero-order chi connectivity index (χ0) is 15.6. The molecule has 122 valence electrons. The van der Waals surface area contributed by atoms with Gasteiger partial charge in [-0.25, -0.2) is 0 Å². The number of aromatic nitrogens is 3. The quantitative estimate of drug-likeness (QED) is 0.943. The molecule has 0 bridgehead atoms. The fourth-order valence-electron chi connectivity index (χ4n) is 3.54. The Hall–Kier alpha value is -1.88. The number of rotatable bonds is 4. The number of hydrogen-bond donors (Lipinski definition) is 1. The van der Waals surface area contributed by atoms with E-state index in [1.165, 1.54) is 30.4 Å². The molecule has 1 aromatic heterocycles. The first-order valence-electron chi connectivity index (χ1n) is 8.71. The first-order chi connectivity index (χ1) is 11.3. The zero-order valence-electron chi connectivity index (χ0n) is 13.7. The molecule has 0 aliphatic carbocycles. The molecule has 3 heterocycles. The van der Waals surface area contributed by atoms with E-state index in [4.69, 9.17) is 4.74 Å². The summed E-state index contributed by atoms with van der Waals surface area (Å²) in [5.74, 6) is 3.27. The predicted octanol–water partition coefficient (Wildman–Crippen LogP) is 2.79. The summed E-state index contributed by atoms with van der Waals surface area (Å²) in [7, 11) is 0. The fourth-order valence-corrected chi connectivity index (χ4v) is 3.54. The Morgan fingerprint density at radius 1 is 1.22 bits per heavy atom. The van der Waals surface area contributed by atoms with Gasteiger partial charge in [0, 0.05) is 25.9 Å². The number of fused-ring (bicyclic) bond motifs is 2. The van der Waals surface area contributed by atoms with Crippen LogP contribution in [0.1, 0.15) is 55.0 Å². The molecule has 23 heavy (non-hydrogen) atoms. The normalized spacial score (nSPS) is 18.0. The van der Waals surface area contributed by atoms with E-state index < -0.39 is 0 Å². The Bertz CT molecular complexity index is 694. The van der Waals surface area contributed by atoms with Crippen molar-refractivity contribution in [1.29, 1.82) is 0 Å². The van der Waals surface area contributed by atoms with E-state index in [0.29, 0.717) is 0 Å². The molecule has 5 heteroatoms. The minimum atomic E-state index is 0.207. The van der Waals surface area contributed by atoms with E-state index in [9.17, 15) is 0 Å². The standard InChI is InChI=1S/C18H24N4O/c1-13(18-21-20-17-5-3-2-4-9-22(17)18)19-12-14-6-7-16-15(11-14)8-10-23-16/h6-7,11,13,19H,2-5,8-10,12H2,1H3. The molecular formula is C18H24N4O. The van der Waals surface area contributed by atoms with Crippen molar-refractivity contribution in [3.8, 4) is 5.75 Å². The molecule has 4 rings (SSSR count). The number of nitrogens with one attached hydrogen (secondary N) is 1. The average molecular weight is 312 g/mol. The van der Waals surface area contributed by atoms with E-state index in [1.54, 1.807) is 0 Å². The highest BCUT2D eigenvalue weighted by molar-refractivity contribution is 5.39. The Morgan fingerprint density at radius 2 is 2.17 bits per heavy atom. The van der Waals surface area contributed by atoms with Crippen molar-refractivity contribution < 1.29 is 4.74 Å². The lowest BCUT2D eigenvalue weighted by molar-refractivity contribution is 0.357. The van der Waals surface area contributed by atoms with Gasteiger partial charge in [0.15, 0.2) is 0 Å². The van der Waals surface area contributed by atoms with E-state index in [-0.39, 0.29) is 6.04 Å². The van der Waals surface area contributed by atoms with Crippen molar-refractivity contribution in [2.75, 3.05) is 6.61 Å². The number of nitrogens with zero attached hydrogens (tertiary/aromatic N) is 3. The Kier molecular flexibility index (Phi) is 4.04. The summed E-state index contributed by atoms with van der Waals surface area (Å²) in [6, 6.07) is 6.70. The van der Waals surface area contributed by atoms with E-state index >= 15 is 0 Å². The highest BCUT2D eigenvalue weighted by atomic mass is 16.5. The number of hydrogen-bond acceptors (Lipinski definition) is 4. The molecule has 0 spiro atoms. The summed E-state index contributed by atoms with van der Waals surface area (Å²) < 4.78 is 7.89. The van der Waals surface area contributed by atoms with Gasteiger partial charge in [-0.3, -0.25) is 0 Å². The van der Waals surface area contributed by atoms with Gasteiger partial charge in [0.1, 0.15) is 17.4 Å². The van der Waals surface area contributed by atoms with E-state index in [0.717, 1.165) is 49.9 Å². The fraction of sp³-hybridized carbons (Fsp3) is 0.556. The van der Waals surface area contributed by atoms with Crippen LogP contribution >= 0.6 is 0 Å². The van der Waals surface area contributed by atoms with Gasteiger partial charge in [-0.05, 0) is 37.0 Å². The van der Waals surface area contributed by atoms with Crippen LogP contribution in [0.2, 0.25) is 0 Å². The number of ether oxygens (including phenoxy) is 1. The third-order valence-electron chi connectivity index (χ3n) is 4.89. The Balaban J connectivity index is 1.44. The summed E-state index contributed by atoms with van der Waals surface area (Å²) in [4.78, 5) is 0. The minimum Gasteiger partial charge on any atom is -0.493 e. The topological polar surface area (TPSA) is 52.0 Å². The molecule has 0 radical (unpaired) electrons. The van der Waals surface area contributed by atoms with Gasteiger partial charge < -0.3 is 14.6 Å². The molecular weight excluding hydrogens is 288 g/mol. The van der Waals surface area contributed by atoms with Crippen LogP contribution in [-0.4, -0.2) is 21.4 Å². The average Bonchev–Trinajstić information content (AvgIpc) is 3.13. The molecule has 5 nitrogen and oxygen atoms in total. The van der Waals surface area contributed by atoms with Crippen molar-refractivity contribution in [3.63, 3.8) is 0 Å². The van der Waals surface area contributed by atoms with Crippen molar-refractivity contribution in [2.45, 2.75) is 58.2 Å².